The molecule has 0 atom stereocenters. The van der Waals surface area contributed by atoms with E-state index in [4.69, 9.17) is 9.72 Å². The van der Waals surface area contributed by atoms with Crippen LogP contribution in [0.1, 0.15) is 0 Å². The van der Waals surface area contributed by atoms with Crippen LogP contribution in [-0.4, -0.2) is 18.3 Å². The summed E-state index contributed by atoms with van der Waals surface area (Å²) in [6, 6.07) is 27.1. The third-order valence-electron chi connectivity index (χ3n) is 4.48. The van der Waals surface area contributed by atoms with Crippen LogP contribution in [0, 0.1) is 0 Å². The van der Waals surface area contributed by atoms with Gasteiger partial charge < -0.3 is 4.74 Å². The molecule has 0 aliphatic heterocycles. The first kappa shape index (κ1) is 16.7. The minimum absolute atomic E-state index is 0.840. The largest absolute Gasteiger partial charge is 0.497 e. The van der Waals surface area contributed by atoms with Gasteiger partial charge in [-0.05, 0) is 35.6 Å². The van der Waals surface area contributed by atoms with Crippen molar-refractivity contribution in [2.45, 2.75) is 5.03 Å². The second-order valence-corrected chi connectivity index (χ2v) is 6.78. The van der Waals surface area contributed by atoms with Gasteiger partial charge in [0.05, 0.1) is 12.6 Å². The molecule has 2 nitrogen and oxygen atoms in total. The summed E-state index contributed by atoms with van der Waals surface area (Å²) in [4.78, 5) is 4.94. The molecule has 3 heteroatoms. The lowest BCUT2D eigenvalue weighted by molar-refractivity contribution is 0.415. The first-order valence-corrected chi connectivity index (χ1v) is 9.71. The van der Waals surface area contributed by atoms with Crippen molar-refractivity contribution in [3.05, 3.63) is 78.9 Å². The number of pyridine rings is 1. The highest BCUT2D eigenvalue weighted by molar-refractivity contribution is 7.98. The van der Waals surface area contributed by atoms with E-state index in [1.807, 2.05) is 24.3 Å². The highest BCUT2D eigenvalue weighted by atomic mass is 32.2. The molecule has 0 N–H and O–H groups in total. The van der Waals surface area contributed by atoms with E-state index in [1.165, 1.54) is 22.3 Å². The molecule has 26 heavy (non-hydrogen) atoms. The number of aromatic nitrogens is 1. The molecule has 0 aliphatic carbocycles. The number of fused-ring (bicyclic) bond motifs is 1. The number of ether oxygens (including phenoxy) is 1. The molecule has 4 rings (SSSR count). The molecule has 0 spiro atoms. The summed E-state index contributed by atoms with van der Waals surface area (Å²) < 4.78 is 5.48. The Hall–Kier alpha value is -2.78. The maximum atomic E-state index is 5.48. The summed E-state index contributed by atoms with van der Waals surface area (Å²) >= 11 is 1.68. The highest BCUT2D eigenvalue weighted by Gasteiger charge is 2.18. The molecule has 0 radical (unpaired) electrons. The van der Waals surface area contributed by atoms with Gasteiger partial charge in [-0.1, -0.05) is 60.7 Å². The number of hydrogen-bond acceptors (Lipinski definition) is 3. The highest BCUT2D eigenvalue weighted by Crippen LogP contribution is 2.42. The smallest absolute Gasteiger partial charge is 0.119 e. The van der Waals surface area contributed by atoms with Crippen molar-refractivity contribution in [2.24, 2.45) is 0 Å². The second kappa shape index (κ2) is 7.22. The summed E-state index contributed by atoms with van der Waals surface area (Å²) in [5.74, 6) is 0.840. The Balaban J connectivity index is 2.16. The molecule has 4 aromatic rings. The summed E-state index contributed by atoms with van der Waals surface area (Å²) in [6.45, 7) is 0. The Morgan fingerprint density at radius 2 is 1.38 bits per heavy atom. The van der Waals surface area contributed by atoms with E-state index >= 15 is 0 Å². The Morgan fingerprint density at radius 3 is 1.96 bits per heavy atom. The molecule has 128 valence electrons. The third-order valence-corrected chi connectivity index (χ3v) is 5.16. The minimum atomic E-state index is 0.840. The average Bonchev–Trinajstić information content (AvgIpc) is 2.73. The maximum absolute atomic E-state index is 5.48. The molecule has 0 bridgehead atoms. The van der Waals surface area contributed by atoms with Crippen molar-refractivity contribution in [2.75, 3.05) is 13.4 Å². The Bertz CT molecular complexity index is 1050. The first-order chi connectivity index (χ1) is 12.8. The van der Waals surface area contributed by atoms with Crippen molar-refractivity contribution in [3.8, 4) is 28.0 Å². The van der Waals surface area contributed by atoms with Crippen LogP contribution in [0.2, 0.25) is 0 Å². The lowest BCUT2D eigenvalue weighted by Crippen LogP contribution is -1.95. The van der Waals surface area contributed by atoms with Crippen LogP contribution in [-0.2, 0) is 0 Å². The zero-order chi connectivity index (χ0) is 17.9. The SMILES string of the molecule is COc1ccc2nc(SC)c(-c3ccccc3)c(-c3ccccc3)c2c1. The van der Waals surface area contributed by atoms with E-state index in [9.17, 15) is 0 Å². The van der Waals surface area contributed by atoms with Gasteiger partial charge in [-0.25, -0.2) is 4.98 Å². The van der Waals surface area contributed by atoms with Crippen LogP contribution in [0.3, 0.4) is 0 Å². The first-order valence-electron chi connectivity index (χ1n) is 8.48. The quantitative estimate of drug-likeness (QED) is 0.400. The van der Waals surface area contributed by atoms with Gasteiger partial charge in [-0.2, -0.15) is 0 Å². The summed E-state index contributed by atoms with van der Waals surface area (Å²) in [5, 5.41) is 2.14. The molecule has 0 fully saturated rings. The van der Waals surface area contributed by atoms with Gasteiger partial charge >= 0.3 is 0 Å². The van der Waals surface area contributed by atoms with E-state index in [0.29, 0.717) is 0 Å². The molecule has 0 saturated heterocycles. The molecule has 0 amide bonds. The fraction of sp³-hybridized carbons (Fsp3) is 0.0870. The molecule has 0 aliphatic rings. The van der Waals surface area contributed by atoms with Crippen LogP contribution in [0.5, 0.6) is 5.75 Å². The molecule has 0 unspecified atom stereocenters. The van der Waals surface area contributed by atoms with Crippen molar-refractivity contribution in [1.82, 2.24) is 4.98 Å². The van der Waals surface area contributed by atoms with Crippen molar-refractivity contribution in [3.63, 3.8) is 0 Å². The van der Waals surface area contributed by atoms with Gasteiger partial charge in [0, 0.05) is 16.5 Å². The zero-order valence-corrected chi connectivity index (χ0v) is 15.6. The van der Waals surface area contributed by atoms with Crippen molar-refractivity contribution in [1.29, 1.82) is 0 Å². The van der Waals surface area contributed by atoms with E-state index < -0.39 is 0 Å². The number of nitrogens with zero attached hydrogens (tertiary/aromatic N) is 1. The summed E-state index contributed by atoms with van der Waals surface area (Å²) in [5.41, 5.74) is 5.71. The van der Waals surface area contributed by atoms with Gasteiger partial charge in [0.2, 0.25) is 0 Å². The second-order valence-electron chi connectivity index (χ2n) is 5.99. The predicted octanol–water partition coefficient (Wildman–Crippen LogP) is 6.30. The van der Waals surface area contributed by atoms with Gasteiger partial charge in [0.1, 0.15) is 10.8 Å². The van der Waals surface area contributed by atoms with E-state index in [1.54, 1.807) is 18.9 Å². The Kier molecular flexibility index (Phi) is 4.63. The maximum Gasteiger partial charge on any atom is 0.119 e. The van der Waals surface area contributed by atoms with Gasteiger partial charge in [-0.3, -0.25) is 0 Å². The van der Waals surface area contributed by atoms with Crippen molar-refractivity contribution >= 4 is 22.7 Å². The fourth-order valence-electron chi connectivity index (χ4n) is 3.27. The lowest BCUT2D eigenvalue weighted by atomic mass is 9.92. The van der Waals surface area contributed by atoms with Crippen LogP contribution in [0.4, 0.5) is 0 Å². The number of thioether (sulfide) groups is 1. The molecule has 1 heterocycles. The predicted molar refractivity (Wildman–Crippen MR) is 111 cm³/mol. The molecular formula is C23H19NOS. The lowest BCUT2D eigenvalue weighted by Gasteiger charge is -2.17. The number of rotatable bonds is 4. The third kappa shape index (κ3) is 2.95. The molecule has 3 aromatic carbocycles. The van der Waals surface area contributed by atoms with E-state index in [2.05, 4.69) is 60.9 Å². The zero-order valence-electron chi connectivity index (χ0n) is 14.8. The number of methoxy groups -OCH3 is 1. The normalized spacial score (nSPS) is 10.8. The van der Waals surface area contributed by atoms with Gasteiger partial charge in [0.15, 0.2) is 0 Å². The standard InChI is InChI=1S/C23H19NOS/c1-25-18-13-14-20-19(15-18)21(16-9-5-3-6-10-16)22(23(24-20)26-2)17-11-7-4-8-12-17/h3-15H,1-2H3. The van der Waals surface area contributed by atoms with Crippen LogP contribution >= 0.6 is 11.8 Å². The van der Waals surface area contributed by atoms with Crippen LogP contribution < -0.4 is 4.74 Å². The molecule has 1 aromatic heterocycles. The van der Waals surface area contributed by atoms with E-state index in [-0.39, 0.29) is 0 Å². The summed E-state index contributed by atoms with van der Waals surface area (Å²) in [6.07, 6.45) is 2.08. The van der Waals surface area contributed by atoms with Gasteiger partial charge in [0.25, 0.3) is 0 Å². The monoisotopic (exact) mass is 357 g/mol. The summed E-state index contributed by atoms with van der Waals surface area (Å²) in [7, 11) is 1.70. The number of hydrogen-bond donors (Lipinski definition) is 0. The average molecular weight is 357 g/mol. The van der Waals surface area contributed by atoms with Crippen molar-refractivity contribution < 1.29 is 4.74 Å². The van der Waals surface area contributed by atoms with Gasteiger partial charge in [-0.15, -0.1) is 11.8 Å². The van der Waals surface area contributed by atoms with Crippen LogP contribution in [0.15, 0.2) is 83.9 Å². The minimum Gasteiger partial charge on any atom is -0.497 e. The Labute approximate surface area is 157 Å². The molecular weight excluding hydrogens is 338 g/mol. The molecule has 0 saturated carbocycles. The van der Waals surface area contributed by atoms with E-state index in [0.717, 1.165) is 21.7 Å². The van der Waals surface area contributed by atoms with Crippen LogP contribution in [0.25, 0.3) is 33.2 Å². The Morgan fingerprint density at radius 1 is 0.769 bits per heavy atom. The topological polar surface area (TPSA) is 22.1 Å². The number of benzene rings is 3. The fourth-order valence-corrected chi connectivity index (χ4v) is 3.89.